The third kappa shape index (κ3) is 4.85. The van der Waals surface area contributed by atoms with Crippen molar-refractivity contribution in [1.82, 2.24) is 10.3 Å². The molecule has 2 N–H and O–H groups in total. The fourth-order valence-electron chi connectivity index (χ4n) is 1.39. The molecule has 4 nitrogen and oxygen atoms in total. The predicted molar refractivity (Wildman–Crippen MR) is 70.0 cm³/mol. The number of amides is 1. The zero-order valence-electron chi connectivity index (χ0n) is 11.2. The molecule has 0 spiro atoms. The Morgan fingerprint density at radius 1 is 1.35 bits per heavy atom. The Morgan fingerprint density at radius 3 is 2.53 bits per heavy atom. The molecule has 4 heteroatoms. The SMILES string of the molecule is Cc1cccc(NC(C)C(=O)NC(C)(C)C)n1. The maximum atomic E-state index is 11.8. The van der Waals surface area contributed by atoms with E-state index in [1.54, 1.807) is 0 Å². The highest BCUT2D eigenvalue weighted by atomic mass is 16.2. The lowest BCUT2D eigenvalue weighted by Gasteiger charge is -2.23. The molecule has 0 aliphatic carbocycles. The Bertz CT molecular complexity index is 396. The first kappa shape index (κ1) is 13.5. The molecular formula is C13H21N3O. The summed E-state index contributed by atoms with van der Waals surface area (Å²) in [7, 11) is 0. The minimum Gasteiger partial charge on any atom is -0.359 e. The third-order valence-electron chi connectivity index (χ3n) is 2.14. The predicted octanol–water partition coefficient (Wildman–Crippen LogP) is 2.11. The number of rotatable bonds is 3. The fourth-order valence-corrected chi connectivity index (χ4v) is 1.39. The Morgan fingerprint density at radius 2 is 2.00 bits per heavy atom. The van der Waals surface area contributed by atoms with E-state index < -0.39 is 0 Å². The summed E-state index contributed by atoms with van der Waals surface area (Å²) >= 11 is 0. The van der Waals surface area contributed by atoms with E-state index in [4.69, 9.17) is 0 Å². The lowest BCUT2D eigenvalue weighted by molar-refractivity contribution is -0.122. The summed E-state index contributed by atoms with van der Waals surface area (Å²) in [5.41, 5.74) is 0.714. The van der Waals surface area contributed by atoms with Crippen LogP contribution < -0.4 is 10.6 Å². The number of pyridine rings is 1. The van der Waals surface area contributed by atoms with Gasteiger partial charge in [-0.1, -0.05) is 6.07 Å². The molecule has 17 heavy (non-hydrogen) atoms. The summed E-state index contributed by atoms with van der Waals surface area (Å²) in [6, 6.07) is 5.39. The fraction of sp³-hybridized carbons (Fsp3) is 0.538. The van der Waals surface area contributed by atoms with E-state index in [2.05, 4.69) is 15.6 Å². The molecule has 0 aliphatic rings. The van der Waals surface area contributed by atoms with Crippen LogP contribution in [-0.4, -0.2) is 22.5 Å². The van der Waals surface area contributed by atoms with Crippen LogP contribution in [0.1, 0.15) is 33.4 Å². The molecule has 1 rings (SSSR count). The average Bonchev–Trinajstić information content (AvgIpc) is 2.14. The molecule has 1 aromatic heterocycles. The number of aromatic nitrogens is 1. The first-order valence-electron chi connectivity index (χ1n) is 5.80. The van der Waals surface area contributed by atoms with Gasteiger partial charge in [-0.05, 0) is 46.8 Å². The maximum absolute atomic E-state index is 11.8. The van der Waals surface area contributed by atoms with E-state index in [1.165, 1.54) is 0 Å². The van der Waals surface area contributed by atoms with Gasteiger partial charge in [0, 0.05) is 11.2 Å². The molecule has 0 bridgehead atoms. The van der Waals surface area contributed by atoms with Gasteiger partial charge in [0.25, 0.3) is 0 Å². The molecule has 0 saturated carbocycles. The van der Waals surface area contributed by atoms with Crippen LogP contribution in [0.2, 0.25) is 0 Å². The number of hydrogen-bond acceptors (Lipinski definition) is 3. The first-order valence-corrected chi connectivity index (χ1v) is 5.80. The van der Waals surface area contributed by atoms with E-state index in [-0.39, 0.29) is 17.5 Å². The van der Waals surface area contributed by atoms with Gasteiger partial charge in [-0.25, -0.2) is 4.98 Å². The van der Waals surface area contributed by atoms with Crippen LogP contribution in [0.15, 0.2) is 18.2 Å². The van der Waals surface area contributed by atoms with Crippen LogP contribution in [-0.2, 0) is 4.79 Å². The largest absolute Gasteiger partial charge is 0.359 e. The van der Waals surface area contributed by atoms with E-state index in [9.17, 15) is 4.79 Å². The normalized spacial score (nSPS) is 13.0. The average molecular weight is 235 g/mol. The number of nitrogens with zero attached hydrogens (tertiary/aromatic N) is 1. The zero-order chi connectivity index (χ0) is 13.1. The van der Waals surface area contributed by atoms with Crippen molar-refractivity contribution in [3.63, 3.8) is 0 Å². The lowest BCUT2D eigenvalue weighted by atomic mass is 10.1. The zero-order valence-corrected chi connectivity index (χ0v) is 11.2. The molecule has 1 aromatic rings. The molecule has 1 unspecified atom stereocenters. The highest BCUT2D eigenvalue weighted by Gasteiger charge is 2.19. The molecule has 1 atom stereocenters. The second-order valence-electron chi connectivity index (χ2n) is 5.27. The second-order valence-corrected chi connectivity index (χ2v) is 5.27. The maximum Gasteiger partial charge on any atom is 0.242 e. The quantitative estimate of drug-likeness (QED) is 0.843. The van der Waals surface area contributed by atoms with Gasteiger partial charge in [0.05, 0.1) is 0 Å². The van der Waals surface area contributed by atoms with Gasteiger partial charge in [0.2, 0.25) is 5.91 Å². The molecule has 0 aliphatic heterocycles. The van der Waals surface area contributed by atoms with E-state index in [0.29, 0.717) is 0 Å². The number of hydrogen-bond donors (Lipinski definition) is 2. The van der Waals surface area contributed by atoms with Crippen molar-refractivity contribution in [2.75, 3.05) is 5.32 Å². The van der Waals surface area contributed by atoms with Crippen LogP contribution in [0.5, 0.6) is 0 Å². The van der Waals surface area contributed by atoms with Crippen LogP contribution in [0.25, 0.3) is 0 Å². The van der Waals surface area contributed by atoms with Gasteiger partial charge in [-0.15, -0.1) is 0 Å². The van der Waals surface area contributed by atoms with Crippen molar-refractivity contribution in [2.45, 2.75) is 46.2 Å². The van der Waals surface area contributed by atoms with Crippen LogP contribution in [0.3, 0.4) is 0 Å². The summed E-state index contributed by atoms with van der Waals surface area (Å²) in [5, 5.41) is 6.01. The molecule has 94 valence electrons. The third-order valence-corrected chi connectivity index (χ3v) is 2.14. The molecule has 0 radical (unpaired) electrons. The smallest absolute Gasteiger partial charge is 0.242 e. The van der Waals surface area contributed by atoms with Gasteiger partial charge in [-0.2, -0.15) is 0 Å². The highest BCUT2D eigenvalue weighted by Crippen LogP contribution is 2.07. The molecule has 1 amide bonds. The van der Waals surface area contributed by atoms with Gasteiger partial charge < -0.3 is 10.6 Å². The van der Waals surface area contributed by atoms with Crippen molar-refractivity contribution < 1.29 is 4.79 Å². The van der Waals surface area contributed by atoms with E-state index in [1.807, 2.05) is 52.8 Å². The van der Waals surface area contributed by atoms with Gasteiger partial charge in [0.15, 0.2) is 0 Å². The summed E-state index contributed by atoms with van der Waals surface area (Å²) < 4.78 is 0. The topological polar surface area (TPSA) is 54.0 Å². The molecular weight excluding hydrogens is 214 g/mol. The summed E-state index contributed by atoms with van der Waals surface area (Å²) in [4.78, 5) is 16.1. The van der Waals surface area contributed by atoms with Crippen LogP contribution in [0, 0.1) is 6.92 Å². The second kappa shape index (κ2) is 5.17. The molecule has 1 heterocycles. The minimum absolute atomic E-state index is 0.0270. The van der Waals surface area contributed by atoms with Crippen molar-refractivity contribution >= 4 is 11.7 Å². The van der Waals surface area contributed by atoms with E-state index in [0.717, 1.165) is 11.5 Å². The monoisotopic (exact) mass is 235 g/mol. The van der Waals surface area contributed by atoms with Gasteiger partial charge in [-0.3, -0.25) is 4.79 Å². The van der Waals surface area contributed by atoms with Crippen molar-refractivity contribution in [1.29, 1.82) is 0 Å². The summed E-state index contributed by atoms with van der Waals surface area (Å²) in [5.74, 6) is 0.697. The summed E-state index contributed by atoms with van der Waals surface area (Å²) in [6.07, 6.45) is 0. The van der Waals surface area contributed by atoms with Crippen molar-refractivity contribution in [3.8, 4) is 0 Å². The Kier molecular flexibility index (Phi) is 4.10. The van der Waals surface area contributed by atoms with Gasteiger partial charge >= 0.3 is 0 Å². The number of aryl methyl sites for hydroxylation is 1. The Hall–Kier alpha value is -1.58. The van der Waals surface area contributed by atoms with Crippen molar-refractivity contribution in [2.24, 2.45) is 0 Å². The number of anilines is 1. The Labute approximate surface area is 103 Å². The summed E-state index contributed by atoms with van der Waals surface area (Å²) in [6.45, 7) is 9.63. The highest BCUT2D eigenvalue weighted by molar-refractivity contribution is 5.84. The first-order chi connectivity index (χ1) is 7.78. The standard InChI is InChI=1S/C13H21N3O/c1-9-7-6-8-11(14-9)15-10(2)12(17)16-13(3,4)5/h6-8,10H,1-5H3,(H,14,15)(H,16,17). The molecule has 0 saturated heterocycles. The van der Waals surface area contributed by atoms with Crippen LogP contribution in [0.4, 0.5) is 5.82 Å². The number of carbonyl (C=O) groups is 1. The lowest BCUT2D eigenvalue weighted by Crippen LogP contribution is -2.47. The number of nitrogens with one attached hydrogen (secondary N) is 2. The van der Waals surface area contributed by atoms with Gasteiger partial charge in [0.1, 0.15) is 11.9 Å². The molecule has 0 aromatic carbocycles. The van der Waals surface area contributed by atoms with Crippen LogP contribution >= 0.6 is 0 Å². The Balaban J connectivity index is 2.60. The molecule has 0 fully saturated rings. The minimum atomic E-state index is -0.302. The van der Waals surface area contributed by atoms with Crippen molar-refractivity contribution in [3.05, 3.63) is 23.9 Å². The number of carbonyl (C=O) groups excluding carboxylic acids is 1. The van der Waals surface area contributed by atoms with E-state index >= 15 is 0 Å².